The van der Waals surface area contributed by atoms with Crippen molar-refractivity contribution in [2.45, 2.75) is 6.54 Å². The number of ether oxygens (including phenoxy) is 1. The predicted molar refractivity (Wildman–Crippen MR) is 90.4 cm³/mol. The van der Waals surface area contributed by atoms with E-state index in [1.54, 1.807) is 12.4 Å². The van der Waals surface area contributed by atoms with Gasteiger partial charge in [-0.2, -0.15) is 0 Å². The number of amides is 1. The number of pyridine rings is 1. The molecule has 0 fully saturated rings. The first kappa shape index (κ1) is 15.7. The minimum absolute atomic E-state index is 0.00103. The molecule has 6 nitrogen and oxygen atoms in total. The molecule has 0 bridgehead atoms. The summed E-state index contributed by atoms with van der Waals surface area (Å²) in [6, 6.07) is 15.0. The Morgan fingerprint density at radius 2 is 1.88 bits per heavy atom. The van der Waals surface area contributed by atoms with Gasteiger partial charge in [-0.3, -0.25) is 9.78 Å². The van der Waals surface area contributed by atoms with Crippen LogP contribution in [0.5, 0.6) is 5.75 Å². The van der Waals surface area contributed by atoms with Crippen molar-refractivity contribution < 1.29 is 9.53 Å². The first-order valence-electron chi connectivity index (χ1n) is 7.70. The molecular weight excluding hydrogens is 304 g/mol. The zero-order chi connectivity index (χ0) is 16.6. The highest BCUT2D eigenvalue weighted by Gasteiger charge is 2.07. The van der Waals surface area contributed by atoms with Crippen LogP contribution >= 0.6 is 0 Å². The Labute approximate surface area is 140 Å². The van der Waals surface area contributed by atoms with Crippen LogP contribution in [-0.4, -0.2) is 33.6 Å². The number of carbonyl (C=O) groups excluding carboxylic acids is 1. The normalized spacial score (nSPS) is 10.3. The Balaban J connectivity index is 1.47. The molecule has 0 aliphatic carbocycles. The zero-order valence-corrected chi connectivity index (χ0v) is 13.1. The van der Waals surface area contributed by atoms with Crippen LogP contribution in [0.2, 0.25) is 0 Å². The monoisotopic (exact) mass is 322 g/mol. The van der Waals surface area contributed by atoms with Gasteiger partial charge in [0.25, 0.3) is 5.91 Å². The highest BCUT2D eigenvalue weighted by atomic mass is 16.5. The Morgan fingerprint density at radius 3 is 2.67 bits per heavy atom. The number of hydrogen-bond acceptors (Lipinski definition) is 4. The molecule has 0 saturated carbocycles. The van der Waals surface area contributed by atoms with Crippen molar-refractivity contribution >= 4 is 5.91 Å². The number of rotatable bonds is 7. The molecule has 0 atom stereocenters. The van der Waals surface area contributed by atoms with E-state index < -0.39 is 0 Å². The molecule has 1 amide bonds. The lowest BCUT2D eigenvalue weighted by atomic mass is 10.3. The van der Waals surface area contributed by atoms with Crippen LogP contribution in [-0.2, 0) is 11.3 Å². The number of imidazole rings is 1. The quantitative estimate of drug-likeness (QED) is 0.723. The molecule has 1 aromatic carbocycles. The smallest absolute Gasteiger partial charge is 0.258 e. The van der Waals surface area contributed by atoms with Crippen LogP contribution in [0.3, 0.4) is 0 Å². The van der Waals surface area contributed by atoms with E-state index in [0.717, 1.165) is 11.5 Å². The summed E-state index contributed by atoms with van der Waals surface area (Å²) in [6.07, 6.45) is 5.33. The molecule has 24 heavy (non-hydrogen) atoms. The first-order chi connectivity index (χ1) is 11.8. The van der Waals surface area contributed by atoms with E-state index in [2.05, 4.69) is 15.3 Å². The number of hydrogen-bond donors (Lipinski definition) is 1. The van der Waals surface area contributed by atoms with Crippen molar-refractivity contribution in [3.05, 3.63) is 67.1 Å². The van der Waals surface area contributed by atoms with Crippen LogP contribution in [0.25, 0.3) is 11.5 Å². The summed E-state index contributed by atoms with van der Waals surface area (Å²) in [5.74, 6) is 1.31. The maximum atomic E-state index is 11.8. The standard InChI is InChI=1S/C18H18N4O2/c23-17(14-24-15-6-2-1-3-7-15)20-10-12-22-13-11-21-18(22)16-8-4-5-9-19-16/h1-9,11,13H,10,12,14H2,(H,20,23). The van der Waals surface area contributed by atoms with Gasteiger partial charge >= 0.3 is 0 Å². The molecule has 2 aromatic heterocycles. The number of nitrogens with zero attached hydrogens (tertiary/aromatic N) is 3. The number of para-hydroxylation sites is 1. The van der Waals surface area contributed by atoms with Crippen molar-refractivity contribution in [1.82, 2.24) is 19.9 Å². The third kappa shape index (κ3) is 4.19. The lowest BCUT2D eigenvalue weighted by molar-refractivity contribution is -0.123. The fourth-order valence-electron chi connectivity index (χ4n) is 2.25. The van der Waals surface area contributed by atoms with Gasteiger partial charge in [-0.1, -0.05) is 24.3 Å². The van der Waals surface area contributed by atoms with Crippen LogP contribution in [0.1, 0.15) is 0 Å². The molecule has 0 spiro atoms. The van der Waals surface area contributed by atoms with Crippen molar-refractivity contribution in [2.24, 2.45) is 0 Å². The van der Waals surface area contributed by atoms with Crippen molar-refractivity contribution in [3.8, 4) is 17.3 Å². The number of benzene rings is 1. The van der Waals surface area contributed by atoms with E-state index in [1.165, 1.54) is 0 Å². The largest absolute Gasteiger partial charge is 0.484 e. The first-order valence-corrected chi connectivity index (χ1v) is 7.70. The SMILES string of the molecule is O=C(COc1ccccc1)NCCn1ccnc1-c1ccccn1. The number of nitrogens with one attached hydrogen (secondary N) is 1. The molecular formula is C18H18N4O2. The second-order valence-electron chi connectivity index (χ2n) is 5.11. The van der Waals surface area contributed by atoms with Crippen LogP contribution < -0.4 is 10.1 Å². The van der Waals surface area contributed by atoms with Gasteiger partial charge < -0.3 is 14.6 Å². The van der Waals surface area contributed by atoms with Crippen molar-refractivity contribution in [2.75, 3.05) is 13.2 Å². The molecule has 0 aliphatic rings. The van der Waals surface area contributed by atoms with E-state index in [-0.39, 0.29) is 12.5 Å². The maximum absolute atomic E-state index is 11.8. The van der Waals surface area contributed by atoms with Gasteiger partial charge in [0, 0.05) is 31.7 Å². The Kier molecular flexibility index (Phi) is 5.19. The van der Waals surface area contributed by atoms with Gasteiger partial charge in [0.2, 0.25) is 0 Å². The summed E-state index contributed by atoms with van der Waals surface area (Å²) in [7, 11) is 0. The van der Waals surface area contributed by atoms with Crippen LogP contribution in [0, 0.1) is 0 Å². The van der Waals surface area contributed by atoms with E-state index in [9.17, 15) is 4.79 Å². The van der Waals surface area contributed by atoms with Crippen LogP contribution in [0.4, 0.5) is 0 Å². The third-order valence-electron chi connectivity index (χ3n) is 3.40. The molecule has 1 N–H and O–H groups in total. The van der Waals surface area contributed by atoms with E-state index in [4.69, 9.17) is 4.74 Å². The predicted octanol–water partition coefficient (Wildman–Crippen LogP) is 2.14. The van der Waals surface area contributed by atoms with E-state index in [0.29, 0.717) is 18.8 Å². The number of aromatic nitrogens is 3. The van der Waals surface area contributed by atoms with Gasteiger partial charge in [0.1, 0.15) is 11.4 Å². The Bertz CT molecular complexity index is 772. The molecule has 3 aromatic rings. The molecule has 2 heterocycles. The maximum Gasteiger partial charge on any atom is 0.258 e. The fraction of sp³-hybridized carbons (Fsp3) is 0.167. The minimum atomic E-state index is -0.154. The Morgan fingerprint density at radius 1 is 1.04 bits per heavy atom. The van der Waals surface area contributed by atoms with Gasteiger partial charge in [-0.25, -0.2) is 4.98 Å². The van der Waals surface area contributed by atoms with E-state index >= 15 is 0 Å². The summed E-state index contributed by atoms with van der Waals surface area (Å²) in [5, 5.41) is 2.84. The van der Waals surface area contributed by atoms with Crippen LogP contribution in [0.15, 0.2) is 67.1 Å². The summed E-state index contributed by atoms with van der Waals surface area (Å²) in [6.45, 7) is 1.11. The van der Waals surface area contributed by atoms with E-state index in [1.807, 2.05) is 59.3 Å². The fourth-order valence-corrected chi connectivity index (χ4v) is 2.25. The molecule has 0 aliphatic heterocycles. The summed E-state index contributed by atoms with van der Waals surface area (Å²) in [5.41, 5.74) is 0.807. The van der Waals surface area contributed by atoms with Crippen molar-refractivity contribution in [1.29, 1.82) is 0 Å². The number of carbonyl (C=O) groups is 1. The molecule has 122 valence electrons. The highest BCUT2D eigenvalue weighted by Crippen LogP contribution is 2.13. The lowest BCUT2D eigenvalue weighted by Gasteiger charge is -2.09. The molecule has 6 heteroatoms. The second kappa shape index (κ2) is 7.92. The molecule has 0 unspecified atom stereocenters. The summed E-state index contributed by atoms with van der Waals surface area (Å²) >= 11 is 0. The summed E-state index contributed by atoms with van der Waals surface area (Å²) in [4.78, 5) is 20.4. The van der Waals surface area contributed by atoms with Gasteiger partial charge in [0.05, 0.1) is 0 Å². The molecule has 0 radical (unpaired) electrons. The third-order valence-corrected chi connectivity index (χ3v) is 3.40. The topological polar surface area (TPSA) is 69.0 Å². The molecule has 0 saturated heterocycles. The van der Waals surface area contributed by atoms with Crippen molar-refractivity contribution in [3.63, 3.8) is 0 Å². The lowest BCUT2D eigenvalue weighted by Crippen LogP contribution is -2.31. The average molecular weight is 322 g/mol. The molecule has 3 rings (SSSR count). The zero-order valence-electron chi connectivity index (χ0n) is 13.1. The Hall–Kier alpha value is -3.15. The second-order valence-corrected chi connectivity index (χ2v) is 5.11. The van der Waals surface area contributed by atoms with Gasteiger partial charge in [-0.15, -0.1) is 0 Å². The van der Waals surface area contributed by atoms with Gasteiger partial charge in [0.15, 0.2) is 12.4 Å². The van der Waals surface area contributed by atoms with Gasteiger partial charge in [-0.05, 0) is 24.3 Å². The summed E-state index contributed by atoms with van der Waals surface area (Å²) < 4.78 is 7.37. The average Bonchev–Trinajstić information content (AvgIpc) is 3.10. The minimum Gasteiger partial charge on any atom is -0.484 e. The highest BCUT2D eigenvalue weighted by molar-refractivity contribution is 5.77.